The van der Waals surface area contributed by atoms with Gasteiger partial charge in [-0.05, 0) is 31.4 Å². The Balaban J connectivity index is 2.45. The molecule has 0 aliphatic rings. The van der Waals surface area contributed by atoms with E-state index in [1.54, 1.807) is 31.2 Å². The molecule has 20 heavy (non-hydrogen) atoms. The van der Waals surface area contributed by atoms with E-state index in [0.717, 1.165) is 6.42 Å². The highest BCUT2D eigenvalue weighted by Crippen LogP contribution is 2.24. The van der Waals surface area contributed by atoms with Gasteiger partial charge in [0.2, 0.25) is 0 Å². The normalized spacial score (nSPS) is 13.6. The van der Waals surface area contributed by atoms with Crippen molar-refractivity contribution in [3.8, 4) is 5.75 Å². The van der Waals surface area contributed by atoms with Gasteiger partial charge in [-0.25, -0.2) is 0 Å². The van der Waals surface area contributed by atoms with Crippen molar-refractivity contribution in [2.24, 2.45) is 5.92 Å². The third-order valence-corrected chi connectivity index (χ3v) is 3.50. The Labute approximate surface area is 125 Å². The monoisotopic (exact) mass is 299 g/mol. The van der Waals surface area contributed by atoms with Crippen molar-refractivity contribution in [1.82, 2.24) is 5.32 Å². The van der Waals surface area contributed by atoms with E-state index in [1.165, 1.54) is 0 Å². The molecule has 0 spiro atoms. The topological polar surface area (TPSA) is 58.6 Å². The Morgan fingerprint density at radius 2 is 2.15 bits per heavy atom. The highest BCUT2D eigenvalue weighted by molar-refractivity contribution is 6.32. The number of benzene rings is 1. The highest BCUT2D eigenvalue weighted by Gasteiger charge is 2.17. The van der Waals surface area contributed by atoms with Crippen LogP contribution in [0, 0.1) is 5.92 Å². The van der Waals surface area contributed by atoms with Crippen LogP contribution in [0.4, 0.5) is 0 Å². The van der Waals surface area contributed by atoms with Gasteiger partial charge in [0.1, 0.15) is 5.75 Å². The third kappa shape index (κ3) is 5.39. The average molecular weight is 300 g/mol. The van der Waals surface area contributed by atoms with Gasteiger partial charge in [-0.15, -0.1) is 0 Å². The summed E-state index contributed by atoms with van der Waals surface area (Å²) in [5.41, 5.74) is 0. The molecule has 0 aliphatic heterocycles. The molecular weight excluding hydrogens is 278 g/mol. The van der Waals surface area contributed by atoms with Crippen LogP contribution in [0.15, 0.2) is 24.3 Å². The Kier molecular flexibility index (Phi) is 7.41. The maximum Gasteiger partial charge on any atom is 0.260 e. The Morgan fingerprint density at radius 1 is 1.45 bits per heavy atom. The number of hydrogen-bond donors (Lipinski definition) is 2. The first kappa shape index (κ1) is 16.8. The van der Waals surface area contributed by atoms with E-state index in [1.807, 2.05) is 6.92 Å². The lowest BCUT2D eigenvalue weighted by Gasteiger charge is -2.18. The van der Waals surface area contributed by atoms with Crippen LogP contribution in [0.1, 0.15) is 26.7 Å². The number of hydrogen-bond acceptors (Lipinski definition) is 3. The lowest BCUT2D eigenvalue weighted by molar-refractivity contribution is -0.127. The summed E-state index contributed by atoms with van der Waals surface area (Å²) < 4.78 is 5.54. The lowest BCUT2D eigenvalue weighted by Crippen LogP contribution is -2.39. The molecule has 0 bridgehead atoms. The first-order valence-corrected chi connectivity index (χ1v) is 7.26. The Hall–Kier alpha value is -1.26. The number of nitrogens with one attached hydrogen (secondary N) is 1. The molecule has 0 aliphatic carbocycles. The van der Waals surface area contributed by atoms with Crippen molar-refractivity contribution in [3.05, 3.63) is 29.3 Å². The van der Waals surface area contributed by atoms with Crippen LogP contribution in [-0.4, -0.2) is 30.3 Å². The number of amides is 1. The maximum atomic E-state index is 11.9. The fraction of sp³-hybridized carbons (Fsp3) is 0.533. The molecule has 1 aromatic rings. The van der Waals surface area contributed by atoms with Crippen molar-refractivity contribution < 1.29 is 14.6 Å². The number of aliphatic hydroxyl groups excluding tert-OH is 1. The number of rotatable bonds is 8. The summed E-state index contributed by atoms with van der Waals surface area (Å²) in [7, 11) is 0. The molecule has 1 amide bonds. The van der Waals surface area contributed by atoms with Gasteiger partial charge in [-0.2, -0.15) is 0 Å². The zero-order valence-corrected chi connectivity index (χ0v) is 12.7. The number of ether oxygens (including phenoxy) is 1. The zero-order valence-electron chi connectivity index (χ0n) is 11.9. The van der Waals surface area contributed by atoms with Crippen LogP contribution in [-0.2, 0) is 4.79 Å². The van der Waals surface area contributed by atoms with Crippen LogP contribution < -0.4 is 10.1 Å². The van der Waals surface area contributed by atoms with Crippen LogP contribution in [0.2, 0.25) is 5.02 Å². The SMILES string of the molecule is CCC(CCO)CNC(=O)C(C)Oc1ccccc1Cl. The molecule has 2 N–H and O–H groups in total. The molecule has 4 nitrogen and oxygen atoms in total. The molecule has 0 saturated heterocycles. The molecule has 0 aromatic heterocycles. The van der Waals surface area contributed by atoms with Gasteiger partial charge in [-0.3, -0.25) is 4.79 Å². The molecule has 0 heterocycles. The second kappa shape index (κ2) is 8.82. The summed E-state index contributed by atoms with van der Waals surface area (Å²) in [5, 5.41) is 12.2. The second-order valence-electron chi connectivity index (χ2n) is 4.72. The summed E-state index contributed by atoms with van der Waals surface area (Å²) in [4.78, 5) is 11.9. The van der Waals surface area contributed by atoms with Crippen LogP contribution >= 0.6 is 11.6 Å². The van der Waals surface area contributed by atoms with Gasteiger partial charge in [-0.1, -0.05) is 37.1 Å². The first-order valence-electron chi connectivity index (χ1n) is 6.88. The quantitative estimate of drug-likeness (QED) is 0.776. The van der Waals surface area contributed by atoms with Gasteiger partial charge >= 0.3 is 0 Å². The van der Waals surface area contributed by atoms with Gasteiger partial charge in [0, 0.05) is 13.2 Å². The van der Waals surface area contributed by atoms with Crippen molar-refractivity contribution >= 4 is 17.5 Å². The van der Waals surface area contributed by atoms with Crippen LogP contribution in [0.3, 0.4) is 0 Å². The minimum absolute atomic E-state index is 0.139. The standard InChI is InChI=1S/C15H22ClNO3/c1-3-12(8-9-18)10-17-15(19)11(2)20-14-7-5-4-6-13(14)16/h4-7,11-12,18H,3,8-10H2,1-2H3,(H,17,19). The number of carbonyl (C=O) groups is 1. The minimum Gasteiger partial charge on any atom is -0.479 e. The number of halogens is 1. The van der Waals surface area contributed by atoms with Crippen molar-refractivity contribution in [2.45, 2.75) is 32.8 Å². The van der Waals surface area contributed by atoms with E-state index in [4.69, 9.17) is 21.4 Å². The highest BCUT2D eigenvalue weighted by atomic mass is 35.5. The van der Waals surface area contributed by atoms with E-state index >= 15 is 0 Å². The van der Waals surface area contributed by atoms with Crippen LogP contribution in [0.25, 0.3) is 0 Å². The molecule has 0 saturated carbocycles. The predicted molar refractivity (Wildman–Crippen MR) is 80.0 cm³/mol. The molecule has 2 unspecified atom stereocenters. The zero-order chi connectivity index (χ0) is 15.0. The average Bonchev–Trinajstić information content (AvgIpc) is 2.45. The molecule has 2 atom stereocenters. The van der Waals surface area contributed by atoms with Gasteiger partial charge < -0.3 is 15.2 Å². The number of para-hydroxylation sites is 1. The summed E-state index contributed by atoms with van der Waals surface area (Å²) in [6.45, 7) is 4.41. The number of aliphatic hydroxyl groups is 1. The van der Waals surface area contributed by atoms with Crippen molar-refractivity contribution in [2.75, 3.05) is 13.2 Å². The minimum atomic E-state index is -0.610. The fourth-order valence-electron chi connectivity index (χ4n) is 1.81. The molecule has 0 fully saturated rings. The molecule has 1 aromatic carbocycles. The van der Waals surface area contributed by atoms with Gasteiger partial charge in [0.25, 0.3) is 5.91 Å². The molecule has 112 valence electrons. The summed E-state index contributed by atoms with van der Waals surface area (Å²) in [6.07, 6.45) is 0.999. The third-order valence-electron chi connectivity index (χ3n) is 3.19. The second-order valence-corrected chi connectivity index (χ2v) is 5.13. The van der Waals surface area contributed by atoms with Crippen molar-refractivity contribution in [1.29, 1.82) is 0 Å². The lowest BCUT2D eigenvalue weighted by atomic mass is 10.0. The molecule has 0 radical (unpaired) electrons. The van der Waals surface area contributed by atoms with E-state index in [0.29, 0.717) is 23.7 Å². The van der Waals surface area contributed by atoms with E-state index in [9.17, 15) is 4.79 Å². The predicted octanol–water partition coefficient (Wildman–Crippen LogP) is 2.63. The Morgan fingerprint density at radius 3 is 2.75 bits per heavy atom. The number of carbonyl (C=O) groups excluding carboxylic acids is 1. The van der Waals surface area contributed by atoms with E-state index < -0.39 is 6.10 Å². The molecule has 1 rings (SSSR count). The van der Waals surface area contributed by atoms with Crippen LogP contribution in [0.5, 0.6) is 5.75 Å². The summed E-state index contributed by atoms with van der Waals surface area (Å²) in [5.74, 6) is 0.608. The summed E-state index contributed by atoms with van der Waals surface area (Å²) >= 11 is 5.98. The van der Waals surface area contributed by atoms with E-state index in [-0.39, 0.29) is 18.4 Å². The summed E-state index contributed by atoms with van der Waals surface area (Å²) in [6, 6.07) is 7.06. The van der Waals surface area contributed by atoms with Gasteiger partial charge in [0.05, 0.1) is 5.02 Å². The fourth-order valence-corrected chi connectivity index (χ4v) is 1.99. The molecule has 5 heteroatoms. The van der Waals surface area contributed by atoms with Crippen molar-refractivity contribution in [3.63, 3.8) is 0 Å². The first-order chi connectivity index (χ1) is 9.58. The van der Waals surface area contributed by atoms with E-state index in [2.05, 4.69) is 5.32 Å². The smallest absolute Gasteiger partial charge is 0.260 e. The maximum absolute atomic E-state index is 11.9. The molecular formula is C15H22ClNO3. The Bertz CT molecular complexity index is 425. The largest absolute Gasteiger partial charge is 0.479 e. The van der Waals surface area contributed by atoms with Gasteiger partial charge in [0.15, 0.2) is 6.10 Å².